The molecule has 0 aromatic heterocycles. The van der Waals surface area contributed by atoms with E-state index in [0.717, 1.165) is 58.5 Å². The summed E-state index contributed by atoms with van der Waals surface area (Å²) in [5.41, 5.74) is 5.85. The molecule has 0 radical (unpaired) electrons. The van der Waals surface area contributed by atoms with E-state index in [0.29, 0.717) is 12.6 Å². The van der Waals surface area contributed by atoms with Crippen molar-refractivity contribution in [1.29, 1.82) is 0 Å². The molecule has 3 N–H and O–H groups in total. The maximum Gasteiger partial charge on any atom is 0.234 e. The lowest BCUT2D eigenvalue weighted by Crippen LogP contribution is -2.44. The van der Waals surface area contributed by atoms with Gasteiger partial charge in [-0.2, -0.15) is 0 Å². The minimum atomic E-state index is 0.148. The zero-order valence-electron chi connectivity index (χ0n) is 12.5. The fourth-order valence-electron chi connectivity index (χ4n) is 2.44. The maximum absolute atomic E-state index is 11.8. The molecule has 5 nitrogen and oxygen atoms in total. The number of carbonyl (C=O) groups is 1. The summed E-state index contributed by atoms with van der Waals surface area (Å²) in [6, 6.07) is 0.327. The standard InChI is InChI=1S/C14H30N4O/c1-3-17(4-2)9-5-8-16-14(19)12-18-10-6-13(15)7-11-18/h13H,3-12,15H2,1-2H3,(H,16,19). The van der Waals surface area contributed by atoms with Crippen LogP contribution in [0.25, 0.3) is 0 Å². The lowest BCUT2D eigenvalue weighted by atomic mass is 10.1. The Kier molecular flexibility index (Phi) is 8.02. The number of hydrogen-bond acceptors (Lipinski definition) is 4. The van der Waals surface area contributed by atoms with Crippen LogP contribution < -0.4 is 11.1 Å². The Morgan fingerprint density at radius 2 is 1.95 bits per heavy atom. The van der Waals surface area contributed by atoms with Gasteiger partial charge in [-0.25, -0.2) is 0 Å². The summed E-state index contributed by atoms with van der Waals surface area (Å²) in [6.45, 7) is 10.8. The molecule has 1 aliphatic rings. The predicted molar refractivity (Wildman–Crippen MR) is 79.1 cm³/mol. The Bertz CT molecular complexity index is 248. The Labute approximate surface area is 117 Å². The molecule has 19 heavy (non-hydrogen) atoms. The molecule has 1 amide bonds. The summed E-state index contributed by atoms with van der Waals surface area (Å²) in [4.78, 5) is 16.3. The van der Waals surface area contributed by atoms with Crippen molar-refractivity contribution in [2.24, 2.45) is 5.73 Å². The molecule has 0 aromatic carbocycles. The molecule has 1 fully saturated rings. The van der Waals surface area contributed by atoms with Crippen molar-refractivity contribution in [3.8, 4) is 0 Å². The SMILES string of the molecule is CCN(CC)CCCNC(=O)CN1CCC(N)CC1. The molecule has 1 rings (SSSR count). The van der Waals surface area contributed by atoms with Gasteiger partial charge < -0.3 is 16.0 Å². The van der Waals surface area contributed by atoms with Crippen molar-refractivity contribution < 1.29 is 4.79 Å². The zero-order valence-corrected chi connectivity index (χ0v) is 12.5. The lowest BCUT2D eigenvalue weighted by molar-refractivity contribution is -0.122. The van der Waals surface area contributed by atoms with E-state index in [4.69, 9.17) is 5.73 Å². The second kappa shape index (κ2) is 9.28. The summed E-state index contributed by atoms with van der Waals surface area (Å²) in [6.07, 6.45) is 3.04. The number of nitrogens with two attached hydrogens (primary N) is 1. The van der Waals surface area contributed by atoms with Crippen molar-refractivity contribution in [1.82, 2.24) is 15.1 Å². The summed E-state index contributed by atoms with van der Waals surface area (Å²) in [5.74, 6) is 0.148. The van der Waals surface area contributed by atoms with Gasteiger partial charge >= 0.3 is 0 Å². The first-order valence-electron chi connectivity index (χ1n) is 7.62. The van der Waals surface area contributed by atoms with Gasteiger partial charge in [0.1, 0.15) is 0 Å². The quantitative estimate of drug-likeness (QED) is 0.621. The van der Waals surface area contributed by atoms with Crippen LogP contribution in [-0.2, 0) is 4.79 Å². The third-order valence-electron chi connectivity index (χ3n) is 3.87. The molecule has 5 heteroatoms. The van der Waals surface area contributed by atoms with Crippen LogP contribution in [0.1, 0.15) is 33.1 Å². The highest BCUT2D eigenvalue weighted by atomic mass is 16.2. The van der Waals surface area contributed by atoms with Crippen LogP contribution in [0.3, 0.4) is 0 Å². The first kappa shape index (κ1) is 16.4. The number of nitrogens with zero attached hydrogens (tertiary/aromatic N) is 2. The number of carbonyl (C=O) groups excluding carboxylic acids is 1. The van der Waals surface area contributed by atoms with Gasteiger partial charge in [0.05, 0.1) is 6.54 Å². The van der Waals surface area contributed by atoms with Crippen LogP contribution in [-0.4, -0.2) is 67.6 Å². The smallest absolute Gasteiger partial charge is 0.234 e. The van der Waals surface area contributed by atoms with E-state index in [2.05, 4.69) is 29.0 Å². The maximum atomic E-state index is 11.8. The van der Waals surface area contributed by atoms with Crippen molar-refractivity contribution in [3.63, 3.8) is 0 Å². The number of rotatable bonds is 8. The molecule has 0 atom stereocenters. The molecule has 112 valence electrons. The van der Waals surface area contributed by atoms with Gasteiger partial charge in [-0.05, 0) is 38.9 Å². The summed E-state index contributed by atoms with van der Waals surface area (Å²) >= 11 is 0. The Morgan fingerprint density at radius 1 is 1.32 bits per heavy atom. The van der Waals surface area contributed by atoms with Crippen molar-refractivity contribution >= 4 is 5.91 Å². The molecule has 1 heterocycles. The highest BCUT2D eigenvalue weighted by molar-refractivity contribution is 5.77. The lowest BCUT2D eigenvalue weighted by Gasteiger charge is -2.29. The van der Waals surface area contributed by atoms with Gasteiger partial charge in [0, 0.05) is 25.7 Å². The largest absolute Gasteiger partial charge is 0.355 e. The highest BCUT2D eigenvalue weighted by Gasteiger charge is 2.17. The van der Waals surface area contributed by atoms with Crippen LogP contribution in [0.4, 0.5) is 0 Å². The van der Waals surface area contributed by atoms with E-state index in [-0.39, 0.29) is 5.91 Å². The molecule has 1 aliphatic heterocycles. The molecular weight excluding hydrogens is 240 g/mol. The number of nitrogens with one attached hydrogen (secondary N) is 1. The number of amides is 1. The fourth-order valence-corrected chi connectivity index (χ4v) is 2.44. The van der Waals surface area contributed by atoms with Crippen molar-refractivity contribution in [2.45, 2.75) is 39.2 Å². The van der Waals surface area contributed by atoms with Gasteiger partial charge in [-0.1, -0.05) is 13.8 Å². The van der Waals surface area contributed by atoms with Crippen LogP contribution in [0.15, 0.2) is 0 Å². The van der Waals surface area contributed by atoms with Crippen LogP contribution >= 0.6 is 0 Å². The third-order valence-corrected chi connectivity index (χ3v) is 3.87. The molecule has 0 aromatic rings. The van der Waals surface area contributed by atoms with Crippen LogP contribution in [0.5, 0.6) is 0 Å². The minimum Gasteiger partial charge on any atom is -0.355 e. The Hall–Kier alpha value is -0.650. The third kappa shape index (κ3) is 6.89. The Balaban J connectivity index is 2.05. The van der Waals surface area contributed by atoms with Gasteiger partial charge in [-0.3, -0.25) is 9.69 Å². The average molecular weight is 270 g/mol. The van der Waals surface area contributed by atoms with E-state index < -0.39 is 0 Å². The number of piperidine rings is 1. The fraction of sp³-hybridized carbons (Fsp3) is 0.929. The summed E-state index contributed by atoms with van der Waals surface area (Å²) in [5, 5.41) is 3.01. The monoisotopic (exact) mass is 270 g/mol. The van der Waals surface area contributed by atoms with Crippen molar-refractivity contribution in [3.05, 3.63) is 0 Å². The van der Waals surface area contributed by atoms with E-state index in [1.807, 2.05) is 0 Å². The van der Waals surface area contributed by atoms with Crippen LogP contribution in [0, 0.1) is 0 Å². The first-order valence-corrected chi connectivity index (χ1v) is 7.62. The molecular formula is C14H30N4O. The average Bonchev–Trinajstić information content (AvgIpc) is 2.42. The van der Waals surface area contributed by atoms with Crippen LogP contribution in [0.2, 0.25) is 0 Å². The van der Waals surface area contributed by atoms with E-state index >= 15 is 0 Å². The molecule has 0 saturated carbocycles. The highest BCUT2D eigenvalue weighted by Crippen LogP contribution is 2.07. The second-order valence-corrected chi connectivity index (χ2v) is 5.34. The predicted octanol–water partition coefficient (Wildman–Crippen LogP) is 0.258. The van der Waals surface area contributed by atoms with E-state index in [1.165, 1.54) is 0 Å². The van der Waals surface area contributed by atoms with Gasteiger partial charge in [-0.15, -0.1) is 0 Å². The first-order chi connectivity index (χ1) is 9.15. The molecule has 0 aliphatic carbocycles. The summed E-state index contributed by atoms with van der Waals surface area (Å²) in [7, 11) is 0. The van der Waals surface area contributed by atoms with Gasteiger partial charge in [0.15, 0.2) is 0 Å². The van der Waals surface area contributed by atoms with Gasteiger partial charge in [0.25, 0.3) is 0 Å². The van der Waals surface area contributed by atoms with Gasteiger partial charge in [0.2, 0.25) is 5.91 Å². The number of hydrogen-bond donors (Lipinski definition) is 2. The van der Waals surface area contributed by atoms with E-state index in [9.17, 15) is 4.79 Å². The summed E-state index contributed by atoms with van der Waals surface area (Å²) < 4.78 is 0. The molecule has 0 spiro atoms. The minimum absolute atomic E-state index is 0.148. The molecule has 0 unspecified atom stereocenters. The molecule has 1 saturated heterocycles. The Morgan fingerprint density at radius 3 is 2.53 bits per heavy atom. The number of likely N-dealkylation sites (tertiary alicyclic amines) is 1. The van der Waals surface area contributed by atoms with E-state index in [1.54, 1.807) is 0 Å². The topological polar surface area (TPSA) is 61.6 Å². The molecule has 0 bridgehead atoms. The second-order valence-electron chi connectivity index (χ2n) is 5.34. The van der Waals surface area contributed by atoms with Crippen molar-refractivity contribution in [2.75, 3.05) is 45.8 Å². The zero-order chi connectivity index (χ0) is 14.1. The normalized spacial score (nSPS) is 17.9.